The summed E-state index contributed by atoms with van der Waals surface area (Å²) in [6.07, 6.45) is 6.21. The average Bonchev–Trinajstić information content (AvgIpc) is 2.85. The Hall–Kier alpha value is -1.36. The molecule has 0 saturated carbocycles. The zero-order valence-corrected chi connectivity index (χ0v) is 11.4. The number of nitrogens with zero attached hydrogens (tertiary/aromatic N) is 3. The van der Waals surface area contributed by atoms with Gasteiger partial charge < -0.3 is 5.32 Å². The van der Waals surface area contributed by atoms with Crippen LogP contribution in [0.25, 0.3) is 0 Å². The molecule has 18 heavy (non-hydrogen) atoms. The number of hydrogen-bond donors (Lipinski definition) is 1. The second-order valence-electron chi connectivity index (χ2n) is 5.30. The highest BCUT2D eigenvalue weighted by Gasteiger charge is 2.28. The summed E-state index contributed by atoms with van der Waals surface area (Å²) < 4.78 is 1.82. The fourth-order valence-electron chi connectivity index (χ4n) is 2.56. The van der Waals surface area contributed by atoms with Crippen LogP contribution in [0.2, 0.25) is 0 Å². The number of carbonyl (C=O) groups excluding carboxylic acids is 1. The maximum absolute atomic E-state index is 11.8. The van der Waals surface area contributed by atoms with Gasteiger partial charge in [-0.25, -0.2) is 0 Å². The van der Waals surface area contributed by atoms with Crippen LogP contribution in [-0.2, 0) is 11.8 Å². The molecule has 100 valence electrons. The molecule has 5 heteroatoms. The molecule has 0 radical (unpaired) electrons. The van der Waals surface area contributed by atoms with E-state index in [4.69, 9.17) is 0 Å². The zero-order chi connectivity index (χ0) is 13.1. The van der Waals surface area contributed by atoms with Crippen LogP contribution in [0.3, 0.4) is 0 Å². The predicted molar refractivity (Wildman–Crippen MR) is 70.0 cm³/mol. The molecule has 1 atom stereocenters. The van der Waals surface area contributed by atoms with Gasteiger partial charge in [0.15, 0.2) is 0 Å². The SMILES string of the molecule is CC(C)NC(=O)CN1CCCC1c1cnn(C)c1. The normalized spacial score (nSPS) is 20.6. The van der Waals surface area contributed by atoms with Gasteiger partial charge in [-0.05, 0) is 33.2 Å². The number of likely N-dealkylation sites (tertiary alicyclic amines) is 1. The van der Waals surface area contributed by atoms with Crippen LogP contribution in [-0.4, -0.2) is 39.7 Å². The number of carbonyl (C=O) groups is 1. The number of amides is 1. The topological polar surface area (TPSA) is 50.2 Å². The number of aryl methyl sites for hydroxylation is 1. The maximum Gasteiger partial charge on any atom is 0.234 e. The van der Waals surface area contributed by atoms with Crippen LogP contribution in [0.15, 0.2) is 12.4 Å². The number of nitrogens with one attached hydrogen (secondary N) is 1. The zero-order valence-electron chi connectivity index (χ0n) is 11.4. The molecule has 1 aromatic heterocycles. The lowest BCUT2D eigenvalue weighted by Crippen LogP contribution is -2.39. The van der Waals surface area contributed by atoms with E-state index in [0.717, 1.165) is 19.4 Å². The Morgan fingerprint density at radius 1 is 1.61 bits per heavy atom. The third-order valence-electron chi connectivity index (χ3n) is 3.27. The highest BCUT2D eigenvalue weighted by molar-refractivity contribution is 5.78. The minimum Gasteiger partial charge on any atom is -0.353 e. The van der Waals surface area contributed by atoms with Crippen molar-refractivity contribution in [3.8, 4) is 0 Å². The van der Waals surface area contributed by atoms with Gasteiger partial charge in [-0.1, -0.05) is 0 Å². The molecular weight excluding hydrogens is 228 g/mol. The van der Waals surface area contributed by atoms with Gasteiger partial charge in [0.05, 0.1) is 12.7 Å². The molecule has 2 heterocycles. The van der Waals surface area contributed by atoms with E-state index in [0.29, 0.717) is 12.6 Å². The summed E-state index contributed by atoms with van der Waals surface area (Å²) in [5.41, 5.74) is 1.22. The van der Waals surface area contributed by atoms with Crippen molar-refractivity contribution in [2.45, 2.75) is 38.8 Å². The van der Waals surface area contributed by atoms with E-state index in [9.17, 15) is 4.79 Å². The first-order chi connectivity index (χ1) is 8.56. The van der Waals surface area contributed by atoms with Gasteiger partial charge in [0, 0.05) is 30.9 Å². The van der Waals surface area contributed by atoms with Gasteiger partial charge >= 0.3 is 0 Å². The van der Waals surface area contributed by atoms with Crippen molar-refractivity contribution in [1.82, 2.24) is 20.0 Å². The quantitative estimate of drug-likeness (QED) is 0.870. The van der Waals surface area contributed by atoms with Gasteiger partial charge in [-0.3, -0.25) is 14.4 Å². The van der Waals surface area contributed by atoms with E-state index >= 15 is 0 Å². The number of hydrogen-bond acceptors (Lipinski definition) is 3. The minimum atomic E-state index is 0.112. The average molecular weight is 250 g/mol. The van der Waals surface area contributed by atoms with Crippen molar-refractivity contribution in [3.63, 3.8) is 0 Å². The van der Waals surface area contributed by atoms with Gasteiger partial charge in [0.2, 0.25) is 5.91 Å². The molecule has 0 aromatic carbocycles. The lowest BCUT2D eigenvalue weighted by atomic mass is 10.1. The van der Waals surface area contributed by atoms with Crippen molar-refractivity contribution in [3.05, 3.63) is 18.0 Å². The molecular formula is C13H22N4O. The van der Waals surface area contributed by atoms with Gasteiger partial charge in [-0.2, -0.15) is 5.10 Å². The third kappa shape index (κ3) is 3.10. The maximum atomic E-state index is 11.8. The highest BCUT2D eigenvalue weighted by Crippen LogP contribution is 2.30. The van der Waals surface area contributed by atoms with Crippen LogP contribution in [0, 0.1) is 0 Å². The second kappa shape index (κ2) is 5.52. The molecule has 1 aromatic rings. The smallest absolute Gasteiger partial charge is 0.234 e. The van der Waals surface area contributed by atoms with Gasteiger partial charge in [0.1, 0.15) is 0 Å². The molecule has 0 bridgehead atoms. The summed E-state index contributed by atoms with van der Waals surface area (Å²) in [4.78, 5) is 14.1. The first-order valence-electron chi connectivity index (χ1n) is 6.58. The van der Waals surface area contributed by atoms with Crippen LogP contribution in [0.1, 0.15) is 38.3 Å². The Labute approximate surface area is 108 Å². The first kappa shape index (κ1) is 13.1. The Bertz CT molecular complexity index is 413. The molecule has 0 spiro atoms. The van der Waals surface area contributed by atoms with E-state index in [2.05, 4.69) is 15.3 Å². The summed E-state index contributed by atoms with van der Waals surface area (Å²) in [5.74, 6) is 0.112. The van der Waals surface area contributed by atoms with E-state index in [1.165, 1.54) is 5.56 Å². The van der Waals surface area contributed by atoms with Gasteiger partial charge in [-0.15, -0.1) is 0 Å². The lowest BCUT2D eigenvalue weighted by molar-refractivity contribution is -0.122. The molecule has 5 nitrogen and oxygen atoms in total. The number of aromatic nitrogens is 2. The van der Waals surface area contributed by atoms with Crippen molar-refractivity contribution in [1.29, 1.82) is 0 Å². The molecule has 1 unspecified atom stereocenters. The fraction of sp³-hybridized carbons (Fsp3) is 0.692. The van der Waals surface area contributed by atoms with Gasteiger partial charge in [0.25, 0.3) is 0 Å². The van der Waals surface area contributed by atoms with E-state index in [1.807, 2.05) is 38.0 Å². The van der Waals surface area contributed by atoms with Crippen molar-refractivity contribution < 1.29 is 4.79 Å². The highest BCUT2D eigenvalue weighted by atomic mass is 16.2. The minimum absolute atomic E-state index is 0.112. The summed E-state index contributed by atoms with van der Waals surface area (Å²) in [5, 5.41) is 7.16. The Morgan fingerprint density at radius 2 is 2.39 bits per heavy atom. The lowest BCUT2D eigenvalue weighted by Gasteiger charge is -2.23. The van der Waals surface area contributed by atoms with Crippen LogP contribution in [0.4, 0.5) is 0 Å². The molecule has 2 rings (SSSR count). The van der Waals surface area contributed by atoms with E-state index in [-0.39, 0.29) is 11.9 Å². The van der Waals surface area contributed by atoms with Crippen molar-refractivity contribution in [2.24, 2.45) is 7.05 Å². The second-order valence-corrected chi connectivity index (χ2v) is 5.30. The van der Waals surface area contributed by atoms with E-state index < -0.39 is 0 Å². The molecule has 1 aliphatic heterocycles. The summed E-state index contributed by atoms with van der Waals surface area (Å²) in [6, 6.07) is 0.550. The molecule has 1 amide bonds. The van der Waals surface area contributed by atoms with Crippen molar-refractivity contribution >= 4 is 5.91 Å². The molecule has 0 aliphatic carbocycles. The Kier molecular flexibility index (Phi) is 4.01. The van der Waals surface area contributed by atoms with E-state index in [1.54, 1.807) is 0 Å². The first-order valence-corrected chi connectivity index (χ1v) is 6.58. The third-order valence-corrected chi connectivity index (χ3v) is 3.27. The largest absolute Gasteiger partial charge is 0.353 e. The standard InChI is InChI=1S/C13H22N4O/c1-10(2)15-13(18)9-17-6-4-5-12(17)11-7-14-16(3)8-11/h7-8,10,12H,4-6,9H2,1-3H3,(H,15,18). The monoisotopic (exact) mass is 250 g/mol. The van der Waals surface area contributed by atoms with Crippen LogP contribution in [0.5, 0.6) is 0 Å². The predicted octanol–water partition coefficient (Wildman–Crippen LogP) is 1.08. The Balaban J connectivity index is 1.97. The summed E-state index contributed by atoms with van der Waals surface area (Å²) >= 11 is 0. The molecule has 1 N–H and O–H groups in total. The Morgan fingerprint density at radius 3 is 3.00 bits per heavy atom. The molecule has 1 saturated heterocycles. The summed E-state index contributed by atoms with van der Waals surface area (Å²) in [7, 11) is 1.92. The molecule has 1 aliphatic rings. The molecule has 1 fully saturated rings. The van der Waals surface area contributed by atoms with Crippen molar-refractivity contribution in [2.75, 3.05) is 13.1 Å². The fourth-order valence-corrected chi connectivity index (χ4v) is 2.56. The number of rotatable bonds is 4. The summed E-state index contributed by atoms with van der Waals surface area (Å²) in [6.45, 7) is 5.45. The van der Waals surface area contributed by atoms with Crippen LogP contribution >= 0.6 is 0 Å². The van der Waals surface area contributed by atoms with Crippen LogP contribution < -0.4 is 5.32 Å².